The Morgan fingerprint density at radius 3 is 2.67 bits per heavy atom. The predicted molar refractivity (Wildman–Crippen MR) is 61.8 cm³/mol. The Hall–Kier alpha value is -0.120. The molecule has 2 fully saturated rings. The molecule has 0 aromatic rings. The molecule has 0 spiro atoms. The molecule has 88 valence electrons. The summed E-state index contributed by atoms with van der Waals surface area (Å²) in [6, 6.07) is 0.644. The van der Waals surface area contributed by atoms with Gasteiger partial charge in [-0.1, -0.05) is 13.8 Å². The summed E-state index contributed by atoms with van der Waals surface area (Å²) in [6.07, 6.45) is 4.95. The Balaban J connectivity index is 1.91. The second kappa shape index (κ2) is 4.04. The van der Waals surface area contributed by atoms with Gasteiger partial charge in [0.05, 0.1) is 12.1 Å². The lowest BCUT2D eigenvalue weighted by Crippen LogP contribution is -2.55. The highest BCUT2D eigenvalue weighted by Gasteiger charge is 2.39. The molecule has 1 saturated carbocycles. The Kier molecular flexibility index (Phi) is 3.06. The molecule has 0 amide bonds. The van der Waals surface area contributed by atoms with Crippen molar-refractivity contribution in [2.24, 2.45) is 11.1 Å². The minimum Gasteiger partial charge on any atom is -0.379 e. The van der Waals surface area contributed by atoms with Crippen LogP contribution in [0, 0.1) is 5.41 Å². The predicted octanol–water partition coefficient (Wildman–Crippen LogP) is 1.27. The van der Waals surface area contributed by atoms with Crippen LogP contribution in [0.25, 0.3) is 0 Å². The van der Waals surface area contributed by atoms with E-state index >= 15 is 0 Å². The first kappa shape index (κ1) is 11.4. The number of nitrogens with one attached hydrogen (secondary N) is 1. The van der Waals surface area contributed by atoms with Crippen LogP contribution in [-0.4, -0.2) is 31.3 Å². The fraction of sp³-hybridized carbons (Fsp3) is 1.00. The van der Waals surface area contributed by atoms with Gasteiger partial charge < -0.3 is 15.8 Å². The van der Waals surface area contributed by atoms with Gasteiger partial charge in [-0.05, 0) is 31.1 Å². The maximum Gasteiger partial charge on any atom is 0.0661 e. The number of nitrogens with two attached hydrogens (primary N) is 1. The summed E-state index contributed by atoms with van der Waals surface area (Å²) in [6.45, 7) is 7.06. The number of ether oxygens (including phenoxy) is 1. The van der Waals surface area contributed by atoms with Crippen LogP contribution in [0.1, 0.15) is 39.5 Å². The number of hydrogen-bond acceptors (Lipinski definition) is 3. The molecule has 0 aromatic carbocycles. The minimum atomic E-state index is 0.0745. The van der Waals surface area contributed by atoms with E-state index in [9.17, 15) is 0 Å². The molecule has 1 aliphatic heterocycles. The van der Waals surface area contributed by atoms with Crippen molar-refractivity contribution >= 4 is 0 Å². The molecular weight excluding hydrogens is 188 g/mol. The van der Waals surface area contributed by atoms with E-state index in [1.54, 1.807) is 0 Å². The average molecular weight is 212 g/mol. The van der Waals surface area contributed by atoms with Crippen LogP contribution in [0.15, 0.2) is 0 Å². The smallest absolute Gasteiger partial charge is 0.0661 e. The van der Waals surface area contributed by atoms with Crippen LogP contribution in [0.2, 0.25) is 0 Å². The molecule has 2 unspecified atom stereocenters. The average Bonchev–Trinajstić information content (AvgIpc) is 2.75. The lowest BCUT2D eigenvalue weighted by molar-refractivity contribution is 0.162. The van der Waals surface area contributed by atoms with Crippen LogP contribution in [-0.2, 0) is 4.74 Å². The van der Waals surface area contributed by atoms with E-state index in [1.165, 1.54) is 19.3 Å². The summed E-state index contributed by atoms with van der Waals surface area (Å²) in [7, 11) is 0. The monoisotopic (exact) mass is 212 g/mol. The van der Waals surface area contributed by atoms with E-state index in [2.05, 4.69) is 19.2 Å². The molecule has 1 saturated heterocycles. The summed E-state index contributed by atoms with van der Waals surface area (Å²) in [5.74, 6) is 0. The largest absolute Gasteiger partial charge is 0.379 e. The Labute approximate surface area is 92.7 Å². The number of rotatable bonds is 3. The molecule has 0 radical (unpaired) electrons. The van der Waals surface area contributed by atoms with Crippen molar-refractivity contribution in [2.45, 2.75) is 51.1 Å². The number of hydrogen-bond donors (Lipinski definition) is 2. The molecule has 1 heterocycles. The fourth-order valence-corrected chi connectivity index (χ4v) is 2.93. The van der Waals surface area contributed by atoms with Crippen LogP contribution >= 0.6 is 0 Å². The molecule has 3 N–H and O–H groups in total. The quantitative estimate of drug-likeness (QED) is 0.740. The summed E-state index contributed by atoms with van der Waals surface area (Å²) >= 11 is 0. The van der Waals surface area contributed by atoms with Crippen LogP contribution in [0.4, 0.5) is 0 Å². The van der Waals surface area contributed by atoms with Gasteiger partial charge in [0.2, 0.25) is 0 Å². The molecule has 2 aliphatic rings. The van der Waals surface area contributed by atoms with Crippen molar-refractivity contribution in [1.82, 2.24) is 5.32 Å². The third-order valence-corrected chi connectivity index (χ3v) is 3.97. The molecule has 3 heteroatoms. The summed E-state index contributed by atoms with van der Waals surface area (Å²) in [5, 5.41) is 3.75. The van der Waals surface area contributed by atoms with Crippen molar-refractivity contribution in [3.63, 3.8) is 0 Å². The lowest BCUT2D eigenvalue weighted by atomic mass is 9.91. The van der Waals surface area contributed by atoms with E-state index in [0.717, 1.165) is 19.6 Å². The maximum atomic E-state index is 5.87. The molecule has 3 nitrogen and oxygen atoms in total. The van der Waals surface area contributed by atoms with Crippen molar-refractivity contribution in [1.29, 1.82) is 0 Å². The fourth-order valence-electron chi connectivity index (χ4n) is 2.93. The standard InChI is InChI=1S/C12H24N2O/c1-11(2)4-3-10(7-11)14-12(8-13)5-6-15-9-12/h10,14H,3-9,13H2,1-2H3. The lowest BCUT2D eigenvalue weighted by Gasteiger charge is -2.31. The topological polar surface area (TPSA) is 47.3 Å². The van der Waals surface area contributed by atoms with E-state index in [4.69, 9.17) is 10.5 Å². The third kappa shape index (κ3) is 2.52. The molecule has 2 rings (SSSR count). The van der Waals surface area contributed by atoms with Gasteiger partial charge in [0.25, 0.3) is 0 Å². The molecule has 0 bridgehead atoms. The zero-order valence-electron chi connectivity index (χ0n) is 10.0. The van der Waals surface area contributed by atoms with Gasteiger partial charge in [-0.3, -0.25) is 0 Å². The van der Waals surface area contributed by atoms with Crippen LogP contribution in [0.3, 0.4) is 0 Å². The van der Waals surface area contributed by atoms with Crippen molar-refractivity contribution in [3.05, 3.63) is 0 Å². The van der Waals surface area contributed by atoms with Gasteiger partial charge in [-0.2, -0.15) is 0 Å². The van der Waals surface area contributed by atoms with Gasteiger partial charge >= 0.3 is 0 Å². The van der Waals surface area contributed by atoms with E-state index in [1.807, 2.05) is 0 Å². The van der Waals surface area contributed by atoms with Crippen LogP contribution < -0.4 is 11.1 Å². The first-order valence-corrected chi connectivity index (χ1v) is 6.11. The van der Waals surface area contributed by atoms with Gasteiger partial charge in [-0.15, -0.1) is 0 Å². The second-order valence-electron chi connectivity index (χ2n) is 6.04. The van der Waals surface area contributed by atoms with Crippen LogP contribution in [0.5, 0.6) is 0 Å². The highest BCUT2D eigenvalue weighted by Crippen LogP contribution is 2.38. The van der Waals surface area contributed by atoms with Crippen molar-refractivity contribution in [3.8, 4) is 0 Å². The summed E-state index contributed by atoms with van der Waals surface area (Å²) in [5.41, 5.74) is 6.45. The molecule has 0 aromatic heterocycles. The zero-order chi connectivity index (χ0) is 10.9. The summed E-state index contributed by atoms with van der Waals surface area (Å²) < 4.78 is 5.47. The van der Waals surface area contributed by atoms with Gasteiger partial charge in [0, 0.05) is 19.2 Å². The zero-order valence-corrected chi connectivity index (χ0v) is 10.0. The Bertz CT molecular complexity index is 222. The van der Waals surface area contributed by atoms with Crippen molar-refractivity contribution < 1.29 is 4.74 Å². The molecular formula is C12H24N2O. The molecule has 15 heavy (non-hydrogen) atoms. The second-order valence-corrected chi connectivity index (χ2v) is 6.04. The third-order valence-electron chi connectivity index (χ3n) is 3.97. The van der Waals surface area contributed by atoms with Gasteiger partial charge in [-0.25, -0.2) is 0 Å². The minimum absolute atomic E-state index is 0.0745. The Morgan fingerprint density at radius 1 is 1.40 bits per heavy atom. The highest BCUT2D eigenvalue weighted by atomic mass is 16.5. The normalized spacial score (nSPS) is 39.8. The van der Waals surface area contributed by atoms with E-state index in [0.29, 0.717) is 18.0 Å². The molecule has 1 aliphatic carbocycles. The van der Waals surface area contributed by atoms with Crippen molar-refractivity contribution in [2.75, 3.05) is 19.8 Å². The maximum absolute atomic E-state index is 5.87. The van der Waals surface area contributed by atoms with Gasteiger partial charge in [0.15, 0.2) is 0 Å². The highest BCUT2D eigenvalue weighted by molar-refractivity contribution is 4.98. The van der Waals surface area contributed by atoms with E-state index in [-0.39, 0.29) is 5.54 Å². The first-order chi connectivity index (χ1) is 7.05. The first-order valence-electron chi connectivity index (χ1n) is 6.11. The SMILES string of the molecule is CC1(C)CCC(NC2(CN)CCOC2)C1. The van der Waals surface area contributed by atoms with Gasteiger partial charge in [0.1, 0.15) is 0 Å². The molecule has 2 atom stereocenters. The Morgan fingerprint density at radius 2 is 2.20 bits per heavy atom. The van der Waals surface area contributed by atoms with E-state index < -0.39 is 0 Å². The summed E-state index contributed by atoms with van der Waals surface area (Å²) in [4.78, 5) is 0.